The summed E-state index contributed by atoms with van der Waals surface area (Å²) >= 11 is 0. The molecule has 2 aromatic rings. The van der Waals surface area contributed by atoms with Crippen LogP contribution in [-0.4, -0.2) is 37.4 Å². The highest BCUT2D eigenvalue weighted by Crippen LogP contribution is 2.13. The van der Waals surface area contributed by atoms with Crippen molar-refractivity contribution in [3.8, 4) is 0 Å². The normalized spacial score (nSPS) is 19.1. The molecule has 2 amide bonds. The molecule has 0 aromatic carbocycles. The summed E-state index contributed by atoms with van der Waals surface area (Å²) < 4.78 is 1.33. The Hall–Kier alpha value is -2.71. The topological polar surface area (TPSA) is 121 Å². The third kappa shape index (κ3) is 2.02. The summed E-state index contributed by atoms with van der Waals surface area (Å²) in [5.74, 6) is 0.242. The van der Waals surface area contributed by atoms with Crippen LogP contribution in [0.1, 0.15) is 18.7 Å². The minimum atomic E-state index is -0.521. The second kappa shape index (κ2) is 4.44. The molecular formula is C11H12N6O3. The Morgan fingerprint density at radius 1 is 1.40 bits per heavy atom. The van der Waals surface area contributed by atoms with Gasteiger partial charge in [-0.1, -0.05) is 0 Å². The van der Waals surface area contributed by atoms with Crippen LogP contribution < -0.4 is 16.3 Å². The SMILES string of the molecule is Cc1nc(NC2CCC(=O)NC2=O)cc2n[nH]c(=O)n12. The van der Waals surface area contributed by atoms with Gasteiger partial charge in [-0.25, -0.2) is 19.3 Å². The standard InChI is InChI=1S/C11H12N6O3/c1-5-12-7(4-8-15-16-11(20)17(5)8)13-6-2-3-9(18)14-10(6)19/h4,6,13H,2-3H2,1H3,(H,16,20)(H,14,18,19). The summed E-state index contributed by atoms with van der Waals surface area (Å²) in [6.07, 6.45) is 0.691. The molecule has 0 radical (unpaired) electrons. The minimum Gasteiger partial charge on any atom is -0.358 e. The van der Waals surface area contributed by atoms with E-state index < -0.39 is 6.04 Å². The van der Waals surface area contributed by atoms with Gasteiger partial charge in [0.2, 0.25) is 11.8 Å². The van der Waals surface area contributed by atoms with Gasteiger partial charge in [0.1, 0.15) is 17.7 Å². The van der Waals surface area contributed by atoms with Gasteiger partial charge in [-0.15, -0.1) is 0 Å². The fraction of sp³-hybridized carbons (Fsp3) is 0.364. The zero-order valence-corrected chi connectivity index (χ0v) is 10.6. The number of carbonyl (C=O) groups excluding carboxylic acids is 2. The highest BCUT2D eigenvalue weighted by molar-refractivity contribution is 6.01. The number of nitrogens with one attached hydrogen (secondary N) is 3. The number of imide groups is 1. The summed E-state index contributed by atoms with van der Waals surface area (Å²) in [5, 5.41) is 11.4. The van der Waals surface area contributed by atoms with Crippen molar-refractivity contribution in [1.29, 1.82) is 0 Å². The quantitative estimate of drug-likeness (QED) is 0.601. The summed E-state index contributed by atoms with van der Waals surface area (Å²) in [5.41, 5.74) is 0.0508. The molecule has 1 aliphatic heterocycles. The second-order valence-corrected chi connectivity index (χ2v) is 4.56. The van der Waals surface area contributed by atoms with Crippen LogP contribution in [0.25, 0.3) is 5.65 Å². The first-order chi connectivity index (χ1) is 9.54. The van der Waals surface area contributed by atoms with E-state index in [0.29, 0.717) is 23.7 Å². The van der Waals surface area contributed by atoms with Gasteiger partial charge in [-0.3, -0.25) is 14.9 Å². The van der Waals surface area contributed by atoms with Crippen molar-refractivity contribution in [1.82, 2.24) is 24.9 Å². The van der Waals surface area contributed by atoms with E-state index >= 15 is 0 Å². The van der Waals surface area contributed by atoms with Crippen molar-refractivity contribution in [3.05, 3.63) is 22.4 Å². The molecule has 104 valence electrons. The van der Waals surface area contributed by atoms with Crippen LogP contribution in [0.15, 0.2) is 10.9 Å². The van der Waals surface area contributed by atoms with Crippen LogP contribution in [-0.2, 0) is 9.59 Å². The molecular weight excluding hydrogens is 264 g/mol. The number of nitrogens with zero attached hydrogens (tertiary/aromatic N) is 3. The summed E-state index contributed by atoms with van der Waals surface area (Å²) in [6.45, 7) is 1.67. The van der Waals surface area contributed by atoms with Crippen molar-refractivity contribution >= 4 is 23.3 Å². The molecule has 0 saturated carbocycles. The maximum Gasteiger partial charge on any atom is 0.349 e. The van der Waals surface area contributed by atoms with E-state index in [1.165, 1.54) is 4.40 Å². The van der Waals surface area contributed by atoms with Crippen LogP contribution >= 0.6 is 0 Å². The van der Waals surface area contributed by atoms with Gasteiger partial charge in [0, 0.05) is 12.5 Å². The smallest absolute Gasteiger partial charge is 0.349 e. The Labute approximate surface area is 112 Å². The number of rotatable bonds is 2. The second-order valence-electron chi connectivity index (χ2n) is 4.56. The molecule has 2 aromatic heterocycles. The molecule has 1 atom stereocenters. The number of carbonyl (C=O) groups is 2. The highest BCUT2D eigenvalue weighted by atomic mass is 16.2. The number of H-pyrrole nitrogens is 1. The van der Waals surface area contributed by atoms with Gasteiger partial charge < -0.3 is 5.32 Å². The fourth-order valence-corrected chi connectivity index (χ4v) is 2.18. The van der Waals surface area contributed by atoms with E-state index in [2.05, 4.69) is 25.8 Å². The van der Waals surface area contributed by atoms with Crippen LogP contribution in [0.5, 0.6) is 0 Å². The number of aromatic nitrogens is 4. The Balaban J connectivity index is 1.90. The molecule has 0 spiro atoms. The zero-order valence-electron chi connectivity index (χ0n) is 10.6. The maximum atomic E-state index is 11.7. The number of amides is 2. The molecule has 1 saturated heterocycles. The lowest BCUT2D eigenvalue weighted by Gasteiger charge is -2.22. The van der Waals surface area contributed by atoms with Crippen LogP contribution in [0.4, 0.5) is 5.82 Å². The molecule has 0 aliphatic carbocycles. The predicted molar refractivity (Wildman–Crippen MR) is 68.1 cm³/mol. The number of piperidine rings is 1. The third-order valence-electron chi connectivity index (χ3n) is 3.13. The molecule has 0 bridgehead atoms. The first-order valence-corrected chi connectivity index (χ1v) is 6.09. The third-order valence-corrected chi connectivity index (χ3v) is 3.13. The van der Waals surface area contributed by atoms with E-state index in [0.717, 1.165) is 0 Å². The van der Waals surface area contributed by atoms with Crippen molar-refractivity contribution < 1.29 is 9.59 Å². The van der Waals surface area contributed by atoms with Gasteiger partial charge >= 0.3 is 5.69 Å². The predicted octanol–water partition coefficient (Wildman–Crippen LogP) is -1.06. The molecule has 1 unspecified atom stereocenters. The Morgan fingerprint density at radius 2 is 2.20 bits per heavy atom. The number of aryl methyl sites for hydroxylation is 1. The number of fused-ring (bicyclic) bond motifs is 1. The largest absolute Gasteiger partial charge is 0.358 e. The van der Waals surface area contributed by atoms with E-state index in [4.69, 9.17) is 0 Å². The lowest BCUT2D eigenvalue weighted by atomic mass is 10.1. The van der Waals surface area contributed by atoms with Crippen molar-refractivity contribution in [2.75, 3.05) is 5.32 Å². The molecule has 3 rings (SSSR count). The highest BCUT2D eigenvalue weighted by Gasteiger charge is 2.26. The monoisotopic (exact) mass is 276 g/mol. The lowest BCUT2D eigenvalue weighted by molar-refractivity contribution is -0.133. The Bertz CT molecular complexity index is 761. The van der Waals surface area contributed by atoms with Gasteiger partial charge in [0.05, 0.1) is 0 Å². The summed E-state index contributed by atoms with van der Waals surface area (Å²) in [7, 11) is 0. The Morgan fingerprint density at radius 3 is 2.95 bits per heavy atom. The average Bonchev–Trinajstić information content (AvgIpc) is 2.75. The van der Waals surface area contributed by atoms with Crippen LogP contribution in [0.3, 0.4) is 0 Å². The van der Waals surface area contributed by atoms with Crippen molar-refractivity contribution in [2.24, 2.45) is 0 Å². The van der Waals surface area contributed by atoms with E-state index in [1.807, 2.05) is 0 Å². The van der Waals surface area contributed by atoms with Crippen LogP contribution in [0, 0.1) is 6.92 Å². The van der Waals surface area contributed by atoms with Crippen molar-refractivity contribution in [3.63, 3.8) is 0 Å². The van der Waals surface area contributed by atoms with Crippen LogP contribution in [0.2, 0.25) is 0 Å². The Kier molecular flexibility index (Phi) is 2.74. The van der Waals surface area contributed by atoms with E-state index in [1.54, 1.807) is 13.0 Å². The van der Waals surface area contributed by atoms with Gasteiger partial charge in [0.25, 0.3) is 0 Å². The summed E-state index contributed by atoms with van der Waals surface area (Å²) in [6, 6.07) is 1.04. The molecule has 20 heavy (non-hydrogen) atoms. The molecule has 9 heteroatoms. The summed E-state index contributed by atoms with van der Waals surface area (Å²) in [4.78, 5) is 38.4. The van der Waals surface area contributed by atoms with Gasteiger partial charge in [-0.2, -0.15) is 5.10 Å². The number of aromatic amines is 1. The number of anilines is 1. The van der Waals surface area contributed by atoms with Gasteiger partial charge in [-0.05, 0) is 13.3 Å². The van der Waals surface area contributed by atoms with Gasteiger partial charge in [0.15, 0.2) is 5.65 Å². The molecule has 9 nitrogen and oxygen atoms in total. The fourth-order valence-electron chi connectivity index (χ4n) is 2.18. The zero-order chi connectivity index (χ0) is 14.3. The minimum absolute atomic E-state index is 0.272. The van der Waals surface area contributed by atoms with E-state index in [9.17, 15) is 14.4 Å². The lowest BCUT2D eigenvalue weighted by Crippen LogP contribution is -2.47. The number of hydrogen-bond acceptors (Lipinski definition) is 6. The van der Waals surface area contributed by atoms with E-state index in [-0.39, 0.29) is 23.9 Å². The molecule has 1 fully saturated rings. The molecule has 3 heterocycles. The maximum absolute atomic E-state index is 11.7. The number of hydrogen-bond donors (Lipinski definition) is 3. The first kappa shape index (κ1) is 12.3. The first-order valence-electron chi connectivity index (χ1n) is 6.09. The molecule has 1 aliphatic rings. The average molecular weight is 276 g/mol. The molecule has 3 N–H and O–H groups in total. The van der Waals surface area contributed by atoms with Crippen molar-refractivity contribution in [2.45, 2.75) is 25.8 Å².